The molecular formula is C22H24N2OS2. The summed E-state index contributed by atoms with van der Waals surface area (Å²) in [5, 5.41) is 1.09. The Morgan fingerprint density at radius 2 is 2.00 bits per heavy atom. The number of amides is 1. The molecule has 0 aliphatic carbocycles. The van der Waals surface area contributed by atoms with Gasteiger partial charge >= 0.3 is 0 Å². The third-order valence-electron chi connectivity index (χ3n) is 5.03. The molecule has 27 heavy (non-hydrogen) atoms. The number of thioether (sulfide) groups is 1. The zero-order valence-corrected chi connectivity index (χ0v) is 17.2. The molecule has 1 aliphatic heterocycles. The highest BCUT2D eigenvalue weighted by atomic mass is 32.2. The first-order valence-corrected chi connectivity index (χ1v) is 11.5. The van der Waals surface area contributed by atoms with E-state index < -0.39 is 0 Å². The molecule has 5 heteroatoms. The maximum Gasteiger partial charge on any atom is 0.233 e. The number of fused-ring (bicyclic) bond motifs is 1. The molecule has 3 aromatic rings. The average molecular weight is 397 g/mol. The lowest BCUT2D eigenvalue weighted by atomic mass is 10.0. The number of para-hydroxylation sites is 1. The number of hydrogen-bond acceptors (Lipinski definition) is 4. The van der Waals surface area contributed by atoms with Crippen LogP contribution in [0.15, 0.2) is 48.5 Å². The van der Waals surface area contributed by atoms with Crippen LogP contribution in [0.5, 0.6) is 0 Å². The van der Waals surface area contributed by atoms with Gasteiger partial charge in [-0.15, -0.1) is 23.1 Å². The number of carbonyl (C=O) groups excluding carboxylic acids is 1. The van der Waals surface area contributed by atoms with Crippen LogP contribution in [0.3, 0.4) is 0 Å². The molecule has 2 heterocycles. The summed E-state index contributed by atoms with van der Waals surface area (Å²) in [4.78, 5) is 19.8. The summed E-state index contributed by atoms with van der Waals surface area (Å²) < 4.78 is 1.21. The molecule has 0 bridgehead atoms. The van der Waals surface area contributed by atoms with E-state index in [2.05, 4.69) is 54.3 Å². The van der Waals surface area contributed by atoms with Crippen LogP contribution in [0.2, 0.25) is 0 Å². The van der Waals surface area contributed by atoms with Crippen LogP contribution in [0.1, 0.15) is 41.4 Å². The minimum absolute atomic E-state index is 0.142. The van der Waals surface area contributed by atoms with Crippen molar-refractivity contribution in [3.63, 3.8) is 0 Å². The predicted octanol–water partition coefficient (Wildman–Crippen LogP) is 5.59. The van der Waals surface area contributed by atoms with Gasteiger partial charge < -0.3 is 4.90 Å². The zero-order valence-electron chi connectivity index (χ0n) is 15.6. The van der Waals surface area contributed by atoms with Crippen LogP contribution in [0.4, 0.5) is 0 Å². The van der Waals surface area contributed by atoms with Gasteiger partial charge in [-0.2, -0.15) is 0 Å². The number of nitrogens with zero attached hydrogens (tertiary/aromatic N) is 2. The van der Waals surface area contributed by atoms with Crippen molar-refractivity contribution >= 4 is 39.2 Å². The minimum atomic E-state index is 0.142. The molecule has 1 unspecified atom stereocenters. The van der Waals surface area contributed by atoms with Crippen LogP contribution >= 0.6 is 23.1 Å². The smallest absolute Gasteiger partial charge is 0.233 e. The number of carbonyl (C=O) groups is 1. The van der Waals surface area contributed by atoms with Crippen molar-refractivity contribution in [3.05, 3.63) is 64.7 Å². The molecule has 0 radical (unpaired) electrons. The van der Waals surface area contributed by atoms with Crippen LogP contribution in [-0.4, -0.2) is 28.1 Å². The van der Waals surface area contributed by atoms with Gasteiger partial charge in [0.25, 0.3) is 0 Å². The second kappa shape index (κ2) is 8.44. The molecule has 0 saturated carbocycles. The fourth-order valence-electron chi connectivity index (χ4n) is 3.54. The second-order valence-electron chi connectivity index (χ2n) is 7.10. The molecule has 4 rings (SSSR count). The van der Waals surface area contributed by atoms with E-state index in [1.54, 1.807) is 23.1 Å². The van der Waals surface area contributed by atoms with Crippen molar-refractivity contribution in [2.75, 3.05) is 12.3 Å². The first-order chi connectivity index (χ1) is 13.2. The number of aromatic nitrogens is 1. The van der Waals surface area contributed by atoms with Gasteiger partial charge in [0.05, 0.1) is 22.0 Å². The third kappa shape index (κ3) is 4.36. The average Bonchev–Trinajstić information content (AvgIpc) is 3.13. The van der Waals surface area contributed by atoms with Gasteiger partial charge in [-0.3, -0.25) is 4.79 Å². The molecule has 140 valence electrons. The monoisotopic (exact) mass is 396 g/mol. The molecular weight excluding hydrogens is 372 g/mol. The first kappa shape index (κ1) is 18.5. The number of benzene rings is 2. The van der Waals surface area contributed by atoms with Crippen LogP contribution in [-0.2, 0) is 10.5 Å². The number of piperidine rings is 1. The van der Waals surface area contributed by atoms with Crippen molar-refractivity contribution in [3.8, 4) is 0 Å². The van der Waals surface area contributed by atoms with Crippen molar-refractivity contribution < 1.29 is 4.79 Å². The molecule has 1 atom stereocenters. The Bertz CT molecular complexity index is 886. The summed E-state index contributed by atoms with van der Waals surface area (Å²) in [5.74, 6) is 1.66. The number of aryl methyl sites for hydroxylation is 1. The summed E-state index contributed by atoms with van der Waals surface area (Å²) in [6, 6.07) is 17.0. The van der Waals surface area contributed by atoms with Gasteiger partial charge in [-0.25, -0.2) is 4.98 Å². The van der Waals surface area contributed by atoms with Gasteiger partial charge in [0.2, 0.25) is 5.91 Å². The van der Waals surface area contributed by atoms with Gasteiger partial charge in [-0.05, 0) is 43.9 Å². The van der Waals surface area contributed by atoms with Crippen LogP contribution < -0.4 is 0 Å². The molecule has 0 N–H and O–H groups in total. The Balaban J connectivity index is 1.42. The number of rotatable bonds is 5. The summed E-state index contributed by atoms with van der Waals surface area (Å²) in [6.07, 6.45) is 3.28. The highest BCUT2D eigenvalue weighted by Gasteiger charge is 2.30. The van der Waals surface area contributed by atoms with E-state index in [1.807, 2.05) is 6.07 Å². The standard InChI is InChI=1S/C22H24N2OS2/c1-16-9-11-17(12-10-16)14-26-15-21(25)24-13-5-4-7-19(24)22-23-18-6-2-3-8-20(18)27-22/h2-3,6,8-12,19H,4-5,7,13-15H2,1H3. The topological polar surface area (TPSA) is 33.2 Å². The maximum atomic E-state index is 12.9. The number of thiazole rings is 1. The van der Waals surface area contributed by atoms with E-state index >= 15 is 0 Å². The van der Waals surface area contributed by atoms with Crippen LogP contribution in [0.25, 0.3) is 10.2 Å². The largest absolute Gasteiger partial charge is 0.333 e. The summed E-state index contributed by atoms with van der Waals surface area (Å²) in [7, 11) is 0. The van der Waals surface area contributed by atoms with E-state index in [0.29, 0.717) is 5.75 Å². The van der Waals surface area contributed by atoms with Gasteiger partial charge in [-0.1, -0.05) is 42.0 Å². The lowest BCUT2D eigenvalue weighted by Crippen LogP contribution is -2.39. The second-order valence-corrected chi connectivity index (χ2v) is 9.14. The summed E-state index contributed by atoms with van der Waals surface area (Å²) in [5.41, 5.74) is 3.59. The molecule has 2 aromatic carbocycles. The van der Waals surface area contributed by atoms with E-state index in [-0.39, 0.29) is 11.9 Å². The predicted molar refractivity (Wildman–Crippen MR) is 115 cm³/mol. The SMILES string of the molecule is Cc1ccc(CSCC(=O)N2CCCCC2c2nc3ccccc3s2)cc1. The normalized spacial score (nSPS) is 17.4. The molecule has 1 amide bonds. The molecule has 1 fully saturated rings. The first-order valence-electron chi connectivity index (χ1n) is 9.49. The van der Waals surface area contributed by atoms with Crippen LogP contribution in [0, 0.1) is 6.92 Å². The minimum Gasteiger partial charge on any atom is -0.333 e. The molecule has 0 spiro atoms. The van der Waals surface area contributed by atoms with Crippen molar-refractivity contribution in [2.24, 2.45) is 0 Å². The Hall–Kier alpha value is -1.85. The van der Waals surface area contributed by atoms with E-state index in [4.69, 9.17) is 4.98 Å². The van der Waals surface area contributed by atoms with Crippen molar-refractivity contribution in [1.29, 1.82) is 0 Å². The fourth-order valence-corrected chi connectivity index (χ4v) is 5.53. The molecule has 1 saturated heterocycles. The van der Waals surface area contributed by atoms with Gasteiger partial charge in [0, 0.05) is 12.3 Å². The van der Waals surface area contributed by atoms with Gasteiger partial charge in [0.1, 0.15) is 5.01 Å². The lowest BCUT2D eigenvalue weighted by Gasteiger charge is -2.34. The summed E-state index contributed by atoms with van der Waals surface area (Å²) in [6.45, 7) is 2.95. The summed E-state index contributed by atoms with van der Waals surface area (Å²) >= 11 is 3.44. The highest BCUT2D eigenvalue weighted by molar-refractivity contribution is 7.99. The Morgan fingerprint density at radius 1 is 1.19 bits per heavy atom. The van der Waals surface area contributed by atoms with E-state index in [9.17, 15) is 4.79 Å². The number of hydrogen-bond donors (Lipinski definition) is 0. The third-order valence-corrected chi connectivity index (χ3v) is 7.16. The Kier molecular flexibility index (Phi) is 5.79. The fraction of sp³-hybridized carbons (Fsp3) is 0.364. The molecule has 3 nitrogen and oxygen atoms in total. The van der Waals surface area contributed by atoms with E-state index in [0.717, 1.165) is 35.7 Å². The Labute approximate surface area is 168 Å². The zero-order chi connectivity index (χ0) is 18.6. The molecule has 1 aromatic heterocycles. The number of likely N-dealkylation sites (tertiary alicyclic amines) is 1. The lowest BCUT2D eigenvalue weighted by molar-refractivity contribution is -0.132. The van der Waals surface area contributed by atoms with E-state index in [1.165, 1.54) is 22.2 Å². The van der Waals surface area contributed by atoms with Crippen molar-refractivity contribution in [2.45, 2.75) is 38.0 Å². The Morgan fingerprint density at radius 3 is 2.81 bits per heavy atom. The molecule has 1 aliphatic rings. The quantitative estimate of drug-likeness (QED) is 0.563. The highest BCUT2D eigenvalue weighted by Crippen LogP contribution is 2.36. The maximum absolute atomic E-state index is 12.9. The van der Waals surface area contributed by atoms with Gasteiger partial charge in [0.15, 0.2) is 0 Å². The van der Waals surface area contributed by atoms with Crippen molar-refractivity contribution in [1.82, 2.24) is 9.88 Å².